The molecule has 0 saturated heterocycles. The molecule has 1 amide bonds. The first kappa shape index (κ1) is 29.5. The molecule has 0 heterocycles. The Labute approximate surface area is 244 Å². The van der Waals surface area contributed by atoms with Crippen LogP contribution in [0.2, 0.25) is 0 Å². The molecule has 1 atom stereocenters. The van der Waals surface area contributed by atoms with Crippen LogP contribution in [0.15, 0.2) is 91.0 Å². The second kappa shape index (κ2) is 14.2. The molecule has 0 bridgehead atoms. The number of nitriles is 1. The number of rotatable bonds is 12. The van der Waals surface area contributed by atoms with Crippen LogP contribution >= 0.6 is 0 Å². The molecule has 2 N–H and O–H groups in total. The van der Waals surface area contributed by atoms with Gasteiger partial charge in [-0.25, -0.2) is 4.79 Å². The zero-order valence-corrected chi connectivity index (χ0v) is 23.5. The lowest BCUT2D eigenvalue weighted by Gasteiger charge is -2.24. The van der Waals surface area contributed by atoms with E-state index >= 15 is 0 Å². The maximum atomic E-state index is 13.8. The van der Waals surface area contributed by atoms with Crippen molar-refractivity contribution in [2.24, 2.45) is 0 Å². The van der Waals surface area contributed by atoms with Gasteiger partial charge in [-0.15, -0.1) is 0 Å². The summed E-state index contributed by atoms with van der Waals surface area (Å²) in [5, 5.41) is 15.5. The summed E-state index contributed by atoms with van der Waals surface area (Å²) < 4.78 is 22.1. The number of esters is 1. The predicted octanol–water partition coefficient (Wildman–Crippen LogP) is 5.41. The average molecular weight is 566 g/mol. The van der Waals surface area contributed by atoms with E-state index in [1.807, 2.05) is 30.3 Å². The number of nitrogens with zero attached hydrogens (tertiary/aromatic N) is 1. The molecular weight excluding hydrogens is 534 g/mol. The third-order valence-corrected chi connectivity index (χ3v) is 6.49. The minimum Gasteiger partial charge on any atom is -0.493 e. The van der Waals surface area contributed by atoms with E-state index in [2.05, 4.69) is 16.7 Å². The normalized spacial score (nSPS) is 11.0. The summed E-state index contributed by atoms with van der Waals surface area (Å²) in [6.07, 6.45) is 0. The molecule has 0 fully saturated rings. The lowest BCUT2D eigenvalue weighted by Crippen LogP contribution is -2.33. The Hall–Kier alpha value is -5.49. The maximum absolute atomic E-state index is 13.8. The first-order chi connectivity index (χ1) is 20.4. The molecule has 214 valence electrons. The molecule has 0 aliphatic carbocycles. The van der Waals surface area contributed by atoms with Crippen molar-refractivity contribution in [3.63, 3.8) is 0 Å². The van der Waals surface area contributed by atoms with Gasteiger partial charge in [0, 0.05) is 23.9 Å². The van der Waals surface area contributed by atoms with Gasteiger partial charge in [-0.2, -0.15) is 5.26 Å². The molecule has 4 aromatic carbocycles. The van der Waals surface area contributed by atoms with Crippen molar-refractivity contribution in [3.05, 3.63) is 119 Å². The van der Waals surface area contributed by atoms with E-state index in [4.69, 9.17) is 18.9 Å². The Bertz CT molecular complexity index is 1550. The Morgan fingerprint density at radius 3 is 2.10 bits per heavy atom. The molecule has 1 unspecified atom stereocenters. The number of hydrogen-bond acceptors (Lipinski definition) is 8. The highest BCUT2D eigenvalue weighted by Gasteiger charge is 2.27. The van der Waals surface area contributed by atoms with Crippen LogP contribution in [0.3, 0.4) is 0 Å². The quantitative estimate of drug-likeness (QED) is 0.219. The number of carbonyl (C=O) groups is 2. The van der Waals surface area contributed by atoms with Gasteiger partial charge in [0.25, 0.3) is 0 Å². The number of carbonyl (C=O) groups excluding carboxylic acids is 2. The summed E-state index contributed by atoms with van der Waals surface area (Å²) in [5.74, 6) is 0.514. The van der Waals surface area contributed by atoms with E-state index in [1.165, 1.54) is 21.3 Å². The van der Waals surface area contributed by atoms with E-state index in [1.54, 1.807) is 60.7 Å². The van der Waals surface area contributed by atoms with E-state index < -0.39 is 12.0 Å². The number of hydrogen-bond donors (Lipinski definition) is 2. The fourth-order valence-corrected chi connectivity index (χ4v) is 4.22. The zero-order chi connectivity index (χ0) is 29.9. The van der Waals surface area contributed by atoms with Gasteiger partial charge in [0.15, 0.2) is 11.5 Å². The van der Waals surface area contributed by atoms with Crippen LogP contribution in [0.5, 0.6) is 17.2 Å². The van der Waals surface area contributed by atoms with Gasteiger partial charge in [-0.3, -0.25) is 4.79 Å². The van der Waals surface area contributed by atoms with Gasteiger partial charge in [-0.05, 0) is 53.6 Å². The molecule has 0 aromatic heterocycles. The van der Waals surface area contributed by atoms with E-state index in [-0.39, 0.29) is 12.5 Å². The van der Waals surface area contributed by atoms with Gasteiger partial charge in [0.05, 0.1) is 38.5 Å². The first-order valence-electron chi connectivity index (χ1n) is 13.1. The Kier molecular flexibility index (Phi) is 9.99. The standard InChI is InChI=1S/C33H31N3O6/c1-39-29-17-27(28(18-30(29)40-2)42-21-24-9-13-25(14-10-24)33(38)41-3)31(36-26-15-11-22(19-34)12-16-26)32(37)35-20-23-7-5-4-6-8-23/h4-18,31,36H,20-21H2,1-3H3,(H,35,37). The first-order valence-corrected chi connectivity index (χ1v) is 13.1. The number of methoxy groups -OCH3 is 3. The number of nitrogens with one attached hydrogen (secondary N) is 2. The summed E-state index contributed by atoms with van der Waals surface area (Å²) in [6.45, 7) is 0.473. The zero-order valence-electron chi connectivity index (χ0n) is 23.5. The Morgan fingerprint density at radius 2 is 1.48 bits per heavy atom. The molecule has 42 heavy (non-hydrogen) atoms. The Morgan fingerprint density at radius 1 is 0.810 bits per heavy atom. The van der Waals surface area contributed by atoms with Crippen molar-refractivity contribution in [2.45, 2.75) is 19.2 Å². The van der Waals surface area contributed by atoms with Gasteiger partial charge >= 0.3 is 5.97 Å². The van der Waals surface area contributed by atoms with Crippen LogP contribution in [-0.4, -0.2) is 33.2 Å². The number of anilines is 1. The van der Waals surface area contributed by atoms with Crippen molar-refractivity contribution in [1.82, 2.24) is 5.32 Å². The molecule has 4 aromatic rings. The molecule has 9 heteroatoms. The highest BCUT2D eigenvalue weighted by atomic mass is 16.5. The van der Waals surface area contributed by atoms with Crippen molar-refractivity contribution in [2.75, 3.05) is 26.6 Å². The van der Waals surface area contributed by atoms with Gasteiger partial charge in [0.1, 0.15) is 18.4 Å². The van der Waals surface area contributed by atoms with Crippen LogP contribution in [-0.2, 0) is 22.7 Å². The average Bonchev–Trinajstić information content (AvgIpc) is 3.05. The molecule has 0 radical (unpaired) electrons. The lowest BCUT2D eigenvalue weighted by atomic mass is 10.0. The van der Waals surface area contributed by atoms with Gasteiger partial charge in [0.2, 0.25) is 5.91 Å². The molecule has 0 aliphatic heterocycles. The fraction of sp³-hybridized carbons (Fsp3) is 0.182. The second-order valence-corrected chi connectivity index (χ2v) is 9.19. The summed E-state index contributed by atoms with van der Waals surface area (Å²) >= 11 is 0. The summed E-state index contributed by atoms with van der Waals surface area (Å²) in [5.41, 5.74) is 3.81. The second-order valence-electron chi connectivity index (χ2n) is 9.19. The number of amides is 1. The van der Waals surface area contributed by atoms with Crippen LogP contribution in [0.4, 0.5) is 5.69 Å². The van der Waals surface area contributed by atoms with E-state index in [0.29, 0.717) is 46.2 Å². The van der Waals surface area contributed by atoms with Crippen LogP contribution in [0.25, 0.3) is 0 Å². The minimum atomic E-state index is -0.904. The molecular formula is C33H31N3O6. The van der Waals surface area contributed by atoms with Crippen LogP contribution in [0, 0.1) is 11.3 Å². The summed E-state index contributed by atoms with van der Waals surface area (Å²) in [6, 6.07) is 27.8. The van der Waals surface area contributed by atoms with Crippen molar-refractivity contribution >= 4 is 17.6 Å². The number of benzene rings is 4. The third-order valence-electron chi connectivity index (χ3n) is 6.49. The van der Waals surface area contributed by atoms with Crippen molar-refractivity contribution in [3.8, 4) is 23.3 Å². The largest absolute Gasteiger partial charge is 0.493 e. The highest BCUT2D eigenvalue weighted by molar-refractivity contribution is 5.89. The molecule has 0 aliphatic rings. The summed E-state index contributed by atoms with van der Waals surface area (Å²) in [4.78, 5) is 25.6. The van der Waals surface area contributed by atoms with Crippen molar-refractivity contribution in [1.29, 1.82) is 5.26 Å². The molecule has 0 spiro atoms. The topological polar surface area (TPSA) is 119 Å². The monoisotopic (exact) mass is 565 g/mol. The van der Waals surface area contributed by atoms with Crippen molar-refractivity contribution < 1.29 is 28.5 Å². The van der Waals surface area contributed by atoms with Gasteiger partial charge in [-0.1, -0.05) is 42.5 Å². The van der Waals surface area contributed by atoms with Crippen LogP contribution < -0.4 is 24.8 Å². The third kappa shape index (κ3) is 7.37. The molecule has 4 rings (SSSR count). The highest BCUT2D eigenvalue weighted by Crippen LogP contribution is 2.39. The lowest BCUT2D eigenvalue weighted by molar-refractivity contribution is -0.122. The SMILES string of the molecule is COC(=O)c1ccc(COc2cc(OC)c(OC)cc2C(Nc2ccc(C#N)cc2)C(=O)NCc2ccccc2)cc1. The minimum absolute atomic E-state index is 0.152. The Balaban J connectivity index is 1.69. The maximum Gasteiger partial charge on any atom is 0.337 e. The summed E-state index contributed by atoms with van der Waals surface area (Å²) in [7, 11) is 4.37. The van der Waals surface area contributed by atoms with Crippen LogP contribution in [0.1, 0.15) is 38.7 Å². The molecule has 0 saturated carbocycles. The van der Waals surface area contributed by atoms with Gasteiger partial charge < -0.3 is 29.6 Å². The van der Waals surface area contributed by atoms with E-state index in [0.717, 1.165) is 11.1 Å². The smallest absolute Gasteiger partial charge is 0.337 e. The van der Waals surface area contributed by atoms with E-state index in [9.17, 15) is 14.9 Å². The fourth-order valence-electron chi connectivity index (χ4n) is 4.22. The predicted molar refractivity (Wildman–Crippen MR) is 157 cm³/mol. The molecule has 9 nitrogen and oxygen atoms in total. The number of ether oxygens (including phenoxy) is 4.